The molecule has 1 aliphatic rings. The molecule has 0 atom stereocenters. The second kappa shape index (κ2) is 8.67. The summed E-state index contributed by atoms with van der Waals surface area (Å²) < 4.78 is 0. The number of amides is 2. The molecule has 1 aliphatic heterocycles. The zero-order valence-electron chi connectivity index (χ0n) is 16.9. The summed E-state index contributed by atoms with van der Waals surface area (Å²) >= 11 is 1.48. The zero-order valence-corrected chi connectivity index (χ0v) is 17.7. The van der Waals surface area contributed by atoms with E-state index in [2.05, 4.69) is 15.3 Å². The van der Waals surface area contributed by atoms with Crippen LogP contribution in [-0.2, 0) is 4.79 Å². The van der Waals surface area contributed by atoms with E-state index in [4.69, 9.17) is 0 Å². The monoisotopic (exact) mass is 418 g/mol. The maximum Gasteiger partial charge on any atom is 0.255 e. The van der Waals surface area contributed by atoms with Crippen LogP contribution in [0.5, 0.6) is 0 Å². The van der Waals surface area contributed by atoms with Gasteiger partial charge in [0.2, 0.25) is 5.91 Å². The van der Waals surface area contributed by atoms with E-state index in [-0.39, 0.29) is 11.8 Å². The lowest BCUT2D eigenvalue weighted by molar-refractivity contribution is -0.117. The lowest BCUT2D eigenvalue weighted by Gasteiger charge is -2.16. The topological polar surface area (TPSA) is 75.2 Å². The molecule has 2 aromatic carbocycles. The zero-order chi connectivity index (χ0) is 21.1. The third-order valence-electron chi connectivity index (χ3n) is 4.78. The van der Waals surface area contributed by atoms with E-state index in [0.29, 0.717) is 29.4 Å². The number of carbonyl (C=O) groups is 2. The van der Waals surface area contributed by atoms with Crippen molar-refractivity contribution < 1.29 is 9.59 Å². The van der Waals surface area contributed by atoms with E-state index in [1.165, 1.54) is 11.8 Å². The highest BCUT2D eigenvalue weighted by Gasteiger charge is 2.22. The van der Waals surface area contributed by atoms with Gasteiger partial charge < -0.3 is 10.2 Å². The van der Waals surface area contributed by atoms with Crippen molar-refractivity contribution in [3.8, 4) is 0 Å². The molecule has 7 heteroatoms. The minimum atomic E-state index is -0.207. The largest absolute Gasteiger partial charge is 0.322 e. The molecular weight excluding hydrogens is 396 g/mol. The van der Waals surface area contributed by atoms with Crippen molar-refractivity contribution in [3.63, 3.8) is 0 Å². The minimum absolute atomic E-state index is 0.105. The summed E-state index contributed by atoms with van der Waals surface area (Å²) in [5.41, 5.74) is 3.87. The van der Waals surface area contributed by atoms with Gasteiger partial charge in [-0.2, -0.15) is 0 Å². The van der Waals surface area contributed by atoms with Crippen LogP contribution in [0.2, 0.25) is 0 Å². The highest BCUT2D eigenvalue weighted by atomic mass is 32.2. The van der Waals surface area contributed by atoms with Crippen molar-refractivity contribution in [1.29, 1.82) is 0 Å². The predicted octanol–water partition coefficient (Wildman–Crippen LogP) is 4.62. The lowest BCUT2D eigenvalue weighted by atomic mass is 10.1. The van der Waals surface area contributed by atoms with E-state index in [0.717, 1.165) is 28.4 Å². The molecule has 3 aromatic rings. The molecule has 1 fully saturated rings. The van der Waals surface area contributed by atoms with Crippen LogP contribution >= 0.6 is 11.8 Å². The first kappa shape index (κ1) is 20.1. The van der Waals surface area contributed by atoms with Gasteiger partial charge in [-0.3, -0.25) is 9.59 Å². The van der Waals surface area contributed by atoms with Gasteiger partial charge in [-0.1, -0.05) is 6.07 Å². The van der Waals surface area contributed by atoms with Crippen molar-refractivity contribution in [3.05, 3.63) is 71.5 Å². The molecule has 0 unspecified atom stereocenters. The van der Waals surface area contributed by atoms with Crippen LogP contribution in [0, 0.1) is 13.8 Å². The summed E-state index contributed by atoms with van der Waals surface area (Å²) in [4.78, 5) is 36.2. The summed E-state index contributed by atoms with van der Waals surface area (Å²) in [6.07, 6.45) is 1.42. The smallest absolute Gasteiger partial charge is 0.255 e. The molecule has 0 spiro atoms. The van der Waals surface area contributed by atoms with Gasteiger partial charge in [-0.25, -0.2) is 9.97 Å². The number of hydrogen-bond acceptors (Lipinski definition) is 5. The van der Waals surface area contributed by atoms with Crippen LogP contribution in [0.25, 0.3) is 0 Å². The van der Waals surface area contributed by atoms with Gasteiger partial charge in [0.1, 0.15) is 0 Å². The number of aryl methyl sites for hydroxylation is 2. The SMILES string of the molecule is Cc1cc(C)nc(Sc2ccc(NC(=O)c3cccc(N4CCCC4=O)c3)cc2)n1. The molecule has 0 aliphatic carbocycles. The van der Waals surface area contributed by atoms with E-state index < -0.39 is 0 Å². The Hall–Kier alpha value is -3.19. The van der Waals surface area contributed by atoms with Gasteiger partial charge in [0.15, 0.2) is 5.16 Å². The first-order chi connectivity index (χ1) is 14.5. The van der Waals surface area contributed by atoms with Gasteiger partial charge in [0.05, 0.1) is 0 Å². The van der Waals surface area contributed by atoms with Crippen molar-refractivity contribution in [2.75, 3.05) is 16.8 Å². The molecule has 30 heavy (non-hydrogen) atoms. The van der Waals surface area contributed by atoms with Gasteiger partial charge in [-0.15, -0.1) is 0 Å². The number of nitrogens with one attached hydrogen (secondary N) is 1. The Kier molecular flexibility index (Phi) is 5.81. The Morgan fingerprint density at radius 1 is 1.03 bits per heavy atom. The van der Waals surface area contributed by atoms with Crippen LogP contribution in [0.4, 0.5) is 11.4 Å². The van der Waals surface area contributed by atoms with Crippen LogP contribution in [0.15, 0.2) is 64.6 Å². The van der Waals surface area contributed by atoms with Gasteiger partial charge in [0, 0.05) is 46.2 Å². The molecule has 0 radical (unpaired) electrons. The van der Waals surface area contributed by atoms with Crippen molar-refractivity contribution in [2.24, 2.45) is 0 Å². The van der Waals surface area contributed by atoms with Gasteiger partial charge in [0.25, 0.3) is 5.91 Å². The molecule has 0 bridgehead atoms. The fraction of sp³-hybridized carbons (Fsp3) is 0.217. The third-order valence-corrected chi connectivity index (χ3v) is 5.65. The molecule has 4 rings (SSSR count). The Bertz CT molecular complexity index is 1080. The summed E-state index contributed by atoms with van der Waals surface area (Å²) in [7, 11) is 0. The number of aromatic nitrogens is 2. The molecule has 0 saturated carbocycles. The fourth-order valence-electron chi connectivity index (χ4n) is 3.39. The molecule has 1 saturated heterocycles. The summed E-state index contributed by atoms with van der Waals surface area (Å²) in [6, 6.07) is 16.7. The Balaban J connectivity index is 1.43. The van der Waals surface area contributed by atoms with E-state index in [1.54, 1.807) is 23.1 Å². The summed E-state index contributed by atoms with van der Waals surface area (Å²) in [5, 5.41) is 3.62. The number of anilines is 2. The molecule has 2 amide bonds. The van der Waals surface area contributed by atoms with Crippen molar-refractivity contribution in [1.82, 2.24) is 9.97 Å². The summed E-state index contributed by atoms with van der Waals surface area (Å²) in [5.74, 6) is -0.102. The van der Waals surface area contributed by atoms with Crippen LogP contribution in [-0.4, -0.2) is 28.3 Å². The third kappa shape index (κ3) is 4.68. The molecule has 1 N–H and O–H groups in total. The van der Waals surface area contributed by atoms with Crippen LogP contribution in [0.1, 0.15) is 34.6 Å². The van der Waals surface area contributed by atoms with Gasteiger partial charge >= 0.3 is 0 Å². The summed E-state index contributed by atoms with van der Waals surface area (Å²) in [6.45, 7) is 4.60. The second-order valence-corrected chi connectivity index (χ2v) is 8.25. The minimum Gasteiger partial charge on any atom is -0.322 e. The molecule has 152 valence electrons. The first-order valence-corrected chi connectivity index (χ1v) is 10.6. The Labute approximate surface area is 179 Å². The highest BCUT2D eigenvalue weighted by molar-refractivity contribution is 7.99. The number of hydrogen-bond donors (Lipinski definition) is 1. The normalized spacial score (nSPS) is 13.5. The highest BCUT2D eigenvalue weighted by Crippen LogP contribution is 2.27. The molecule has 2 heterocycles. The second-order valence-electron chi connectivity index (χ2n) is 7.21. The van der Waals surface area contributed by atoms with E-state index in [9.17, 15) is 9.59 Å². The Morgan fingerprint density at radius 3 is 2.43 bits per heavy atom. The van der Waals surface area contributed by atoms with Crippen molar-refractivity contribution in [2.45, 2.75) is 36.7 Å². The lowest BCUT2D eigenvalue weighted by Crippen LogP contribution is -2.24. The predicted molar refractivity (Wildman–Crippen MR) is 118 cm³/mol. The molecule has 6 nitrogen and oxygen atoms in total. The van der Waals surface area contributed by atoms with E-state index >= 15 is 0 Å². The molecule has 1 aromatic heterocycles. The van der Waals surface area contributed by atoms with Crippen LogP contribution in [0.3, 0.4) is 0 Å². The van der Waals surface area contributed by atoms with Gasteiger partial charge in [-0.05, 0) is 80.6 Å². The maximum absolute atomic E-state index is 12.7. The standard InChI is InChI=1S/C23H22N4O2S/c1-15-13-16(2)25-23(24-15)30-20-10-8-18(9-11-20)26-22(29)17-5-3-6-19(14-17)27-12-4-7-21(27)28/h3,5-6,8-11,13-14H,4,7,12H2,1-2H3,(H,26,29). The number of rotatable bonds is 5. The maximum atomic E-state index is 12.7. The molecular formula is C23H22N4O2S. The van der Waals surface area contributed by atoms with Crippen LogP contribution < -0.4 is 10.2 Å². The fourth-order valence-corrected chi connectivity index (χ4v) is 4.25. The average molecular weight is 419 g/mol. The number of nitrogens with zero attached hydrogens (tertiary/aromatic N) is 3. The Morgan fingerprint density at radius 2 is 1.77 bits per heavy atom. The number of carbonyl (C=O) groups excluding carboxylic acids is 2. The van der Waals surface area contributed by atoms with Crippen molar-refractivity contribution >= 4 is 35.0 Å². The first-order valence-electron chi connectivity index (χ1n) is 9.80. The average Bonchev–Trinajstić information content (AvgIpc) is 3.15. The number of benzene rings is 2. The van der Waals surface area contributed by atoms with E-state index in [1.807, 2.05) is 50.2 Å². The quantitative estimate of drug-likeness (QED) is 0.612.